The fourth-order valence-electron chi connectivity index (χ4n) is 2.33. The first kappa shape index (κ1) is 24.6. The van der Waals surface area contributed by atoms with Gasteiger partial charge < -0.3 is 15.8 Å². The minimum absolute atomic E-state index is 0.0295. The molecule has 1 heterocycles. The molecule has 0 fully saturated rings. The highest BCUT2D eigenvalue weighted by atomic mass is 79.9. The summed E-state index contributed by atoms with van der Waals surface area (Å²) in [6, 6.07) is 3.50. The predicted molar refractivity (Wildman–Crippen MR) is 92.3 cm³/mol. The van der Waals surface area contributed by atoms with Crippen LogP contribution >= 0.6 is 15.9 Å². The maximum Gasteiger partial charge on any atom is 0.435 e. The van der Waals surface area contributed by atoms with Gasteiger partial charge in [0.25, 0.3) is 5.91 Å². The number of ether oxygens (including phenoxy) is 1. The number of pyridine rings is 1. The van der Waals surface area contributed by atoms with E-state index in [2.05, 4.69) is 25.7 Å². The second kappa shape index (κ2) is 8.43. The Labute approximate surface area is 175 Å². The van der Waals surface area contributed by atoms with Gasteiger partial charge in [-0.3, -0.25) is 4.79 Å². The number of rotatable bonds is 5. The van der Waals surface area contributed by atoms with Crippen LogP contribution in [-0.2, 0) is 5.67 Å². The topological polar surface area (TPSA) is 77.2 Å². The SMILES string of the molecule is Nc1cccc(C(=O)Nc2c(Br)cc(C(F)(C(F)(F)F)C(F)(F)F)cc2OC(F)F)n1. The van der Waals surface area contributed by atoms with E-state index in [4.69, 9.17) is 5.73 Å². The van der Waals surface area contributed by atoms with E-state index in [-0.39, 0.29) is 23.6 Å². The third-order valence-corrected chi connectivity index (χ3v) is 4.32. The number of nitrogen functional groups attached to an aromatic ring is 1. The lowest BCUT2D eigenvalue weighted by atomic mass is 9.93. The summed E-state index contributed by atoms with van der Waals surface area (Å²) in [5.41, 5.74) is -3.80. The quantitative estimate of drug-likeness (QED) is 0.500. The maximum atomic E-state index is 14.3. The Hall–Kier alpha value is -2.71. The molecule has 0 aliphatic rings. The summed E-state index contributed by atoms with van der Waals surface area (Å²) in [7, 11) is 0. The first-order chi connectivity index (χ1) is 14.1. The average Bonchev–Trinajstić information content (AvgIpc) is 2.61. The highest BCUT2D eigenvalue weighted by molar-refractivity contribution is 9.10. The molecule has 170 valence electrons. The van der Waals surface area contributed by atoms with Crippen molar-refractivity contribution in [3.63, 3.8) is 0 Å². The molecule has 0 spiro atoms. The summed E-state index contributed by atoms with van der Waals surface area (Å²) in [5, 5.41) is 1.94. The van der Waals surface area contributed by atoms with Gasteiger partial charge in [-0.1, -0.05) is 6.07 Å². The Balaban J connectivity index is 2.63. The highest BCUT2D eigenvalue weighted by Crippen LogP contribution is 2.55. The second-order valence-corrected chi connectivity index (χ2v) is 6.62. The lowest BCUT2D eigenvalue weighted by Crippen LogP contribution is -2.50. The summed E-state index contributed by atoms with van der Waals surface area (Å²) >= 11 is 2.54. The van der Waals surface area contributed by atoms with E-state index < -0.39 is 52.0 Å². The molecule has 0 radical (unpaired) electrons. The fraction of sp³-hybridized carbons (Fsp3) is 0.250. The summed E-state index contributed by atoms with van der Waals surface area (Å²) in [4.78, 5) is 15.8. The van der Waals surface area contributed by atoms with Crippen LogP contribution in [0.25, 0.3) is 0 Å². The summed E-state index contributed by atoms with van der Waals surface area (Å²) < 4.78 is 121. The zero-order valence-electron chi connectivity index (χ0n) is 14.6. The average molecular weight is 526 g/mol. The van der Waals surface area contributed by atoms with Gasteiger partial charge in [0.05, 0.1) is 5.69 Å². The normalized spacial score (nSPS) is 12.7. The predicted octanol–water partition coefficient (Wildman–Crippen LogP) is 5.57. The number of nitrogens with two attached hydrogens (primary N) is 1. The van der Waals surface area contributed by atoms with Crippen LogP contribution in [0.5, 0.6) is 5.75 Å². The third kappa shape index (κ3) is 4.97. The van der Waals surface area contributed by atoms with Gasteiger partial charge in [0.1, 0.15) is 11.5 Å². The van der Waals surface area contributed by atoms with Gasteiger partial charge >= 0.3 is 24.6 Å². The molecule has 1 aromatic heterocycles. The first-order valence-corrected chi connectivity index (χ1v) is 8.52. The largest absolute Gasteiger partial charge is 0.435 e. The Morgan fingerprint density at radius 1 is 1.06 bits per heavy atom. The minimum atomic E-state index is -6.50. The Kier molecular flexibility index (Phi) is 6.68. The second-order valence-electron chi connectivity index (χ2n) is 5.77. The van der Waals surface area contributed by atoms with Crippen LogP contribution in [0.4, 0.5) is 51.0 Å². The van der Waals surface area contributed by atoms with Crippen LogP contribution < -0.4 is 15.8 Å². The van der Waals surface area contributed by atoms with E-state index in [1.165, 1.54) is 12.1 Å². The third-order valence-electron chi connectivity index (χ3n) is 3.69. The number of nitrogens with zero attached hydrogens (tertiary/aromatic N) is 1. The number of nitrogens with one attached hydrogen (secondary N) is 1. The highest BCUT2D eigenvalue weighted by Gasteiger charge is 2.73. The van der Waals surface area contributed by atoms with E-state index >= 15 is 0 Å². The van der Waals surface area contributed by atoms with Crippen molar-refractivity contribution in [1.29, 1.82) is 0 Å². The molecule has 3 N–H and O–H groups in total. The molecule has 0 aliphatic carbocycles. The van der Waals surface area contributed by atoms with Gasteiger partial charge in [0.15, 0.2) is 5.75 Å². The summed E-state index contributed by atoms with van der Waals surface area (Å²) in [6.45, 7) is -3.74. The maximum absolute atomic E-state index is 14.3. The monoisotopic (exact) mass is 525 g/mol. The molecular formula is C16H9BrF9N3O2. The molecule has 1 amide bonds. The standard InChI is InChI=1S/C16H9BrF9N3O2/c17-7-4-6(14(20,15(21,22)23)16(24,25)26)5-9(31-13(18)19)11(7)29-12(30)8-2-1-3-10(27)28-8/h1-5,13H,(H2,27,28)(H,29,30). The van der Waals surface area contributed by atoms with Gasteiger partial charge in [-0.15, -0.1) is 0 Å². The Morgan fingerprint density at radius 2 is 1.65 bits per heavy atom. The van der Waals surface area contributed by atoms with Crippen molar-refractivity contribution in [2.45, 2.75) is 24.6 Å². The van der Waals surface area contributed by atoms with E-state index in [1.54, 1.807) is 0 Å². The van der Waals surface area contributed by atoms with Gasteiger partial charge in [-0.05, 0) is 40.2 Å². The zero-order valence-corrected chi connectivity index (χ0v) is 16.2. The summed E-state index contributed by atoms with van der Waals surface area (Å²) in [5.74, 6) is -2.62. The van der Waals surface area contributed by atoms with Crippen LogP contribution in [0.15, 0.2) is 34.8 Å². The van der Waals surface area contributed by atoms with Crippen molar-refractivity contribution < 1.29 is 49.0 Å². The number of carbonyl (C=O) groups excluding carboxylic acids is 1. The Bertz CT molecular complexity index is 966. The molecule has 0 saturated heterocycles. The number of hydrogen-bond donors (Lipinski definition) is 2. The zero-order chi connectivity index (χ0) is 23.8. The van der Waals surface area contributed by atoms with Crippen molar-refractivity contribution in [3.8, 4) is 5.75 Å². The number of alkyl halides is 9. The van der Waals surface area contributed by atoms with Crippen molar-refractivity contribution >= 4 is 33.3 Å². The smallest absolute Gasteiger partial charge is 0.433 e. The molecule has 2 aromatic rings. The van der Waals surface area contributed by atoms with Crippen molar-refractivity contribution in [1.82, 2.24) is 4.98 Å². The minimum Gasteiger partial charge on any atom is -0.433 e. The van der Waals surface area contributed by atoms with Gasteiger partial charge in [-0.25, -0.2) is 9.37 Å². The number of hydrogen-bond acceptors (Lipinski definition) is 4. The number of carbonyl (C=O) groups is 1. The molecule has 5 nitrogen and oxygen atoms in total. The van der Waals surface area contributed by atoms with Crippen LogP contribution in [-0.4, -0.2) is 29.9 Å². The van der Waals surface area contributed by atoms with Crippen LogP contribution in [0, 0.1) is 0 Å². The van der Waals surface area contributed by atoms with E-state index in [0.717, 1.165) is 6.07 Å². The molecule has 2 rings (SSSR count). The van der Waals surface area contributed by atoms with Crippen molar-refractivity contribution in [2.24, 2.45) is 0 Å². The van der Waals surface area contributed by atoms with Gasteiger partial charge in [0.2, 0.25) is 0 Å². The van der Waals surface area contributed by atoms with E-state index in [9.17, 15) is 44.3 Å². The molecule has 1 aromatic carbocycles. The number of benzene rings is 1. The van der Waals surface area contributed by atoms with Crippen LogP contribution in [0.1, 0.15) is 16.1 Å². The molecule has 0 unspecified atom stereocenters. The fourth-order valence-corrected chi connectivity index (χ4v) is 2.88. The van der Waals surface area contributed by atoms with Crippen LogP contribution in [0.3, 0.4) is 0 Å². The number of anilines is 2. The molecule has 0 saturated carbocycles. The molecular weight excluding hydrogens is 517 g/mol. The van der Waals surface area contributed by atoms with E-state index in [0.29, 0.717) is 0 Å². The summed E-state index contributed by atoms with van der Waals surface area (Å²) in [6.07, 6.45) is -13.0. The first-order valence-electron chi connectivity index (χ1n) is 7.73. The molecule has 31 heavy (non-hydrogen) atoms. The van der Waals surface area contributed by atoms with E-state index in [1.807, 2.05) is 5.32 Å². The van der Waals surface area contributed by atoms with Gasteiger partial charge in [-0.2, -0.15) is 35.1 Å². The number of amides is 1. The van der Waals surface area contributed by atoms with Gasteiger partial charge in [0, 0.05) is 10.0 Å². The molecule has 15 heteroatoms. The number of halogens is 10. The lowest BCUT2D eigenvalue weighted by Gasteiger charge is -2.31. The lowest BCUT2D eigenvalue weighted by molar-refractivity contribution is -0.348. The molecule has 0 bridgehead atoms. The van der Waals surface area contributed by atoms with Crippen LogP contribution in [0.2, 0.25) is 0 Å². The molecule has 0 atom stereocenters. The number of aromatic nitrogens is 1. The van der Waals surface area contributed by atoms with Crippen molar-refractivity contribution in [3.05, 3.63) is 46.1 Å². The van der Waals surface area contributed by atoms with Crippen molar-refractivity contribution in [2.75, 3.05) is 11.1 Å². The molecule has 0 aliphatic heterocycles. The Morgan fingerprint density at radius 3 is 2.13 bits per heavy atom.